The molecule has 0 amide bonds. The van der Waals surface area contributed by atoms with E-state index in [0.29, 0.717) is 19.0 Å². The third kappa shape index (κ3) is 6.34. The summed E-state index contributed by atoms with van der Waals surface area (Å²) < 4.78 is 7.61. The van der Waals surface area contributed by atoms with E-state index in [2.05, 4.69) is 25.7 Å². The summed E-state index contributed by atoms with van der Waals surface area (Å²) in [5.74, 6) is 2.42. The van der Waals surface area contributed by atoms with Gasteiger partial charge in [0.1, 0.15) is 24.0 Å². The van der Waals surface area contributed by atoms with Gasteiger partial charge in [0.15, 0.2) is 5.96 Å². The number of aliphatic imine (C=N–C) groups is 1. The number of aryl methyl sites for hydroxylation is 2. The average molecular weight is 444 g/mol. The van der Waals surface area contributed by atoms with Gasteiger partial charge in [-0.2, -0.15) is 5.10 Å². The Kier molecular flexibility index (Phi) is 8.51. The minimum absolute atomic E-state index is 0. The van der Waals surface area contributed by atoms with Crippen LogP contribution in [0, 0.1) is 6.92 Å². The van der Waals surface area contributed by atoms with Crippen molar-refractivity contribution in [1.82, 2.24) is 25.4 Å². The van der Waals surface area contributed by atoms with E-state index in [4.69, 9.17) is 4.74 Å². The maximum Gasteiger partial charge on any atom is 0.191 e. The van der Waals surface area contributed by atoms with Crippen molar-refractivity contribution in [2.45, 2.75) is 26.5 Å². The fraction of sp³-hybridized carbons (Fsp3) is 0.438. The zero-order valence-electron chi connectivity index (χ0n) is 14.5. The van der Waals surface area contributed by atoms with Crippen molar-refractivity contribution in [1.29, 1.82) is 0 Å². The number of rotatable bonds is 6. The molecule has 24 heavy (non-hydrogen) atoms. The fourth-order valence-electron chi connectivity index (χ4n) is 2.07. The second-order valence-corrected chi connectivity index (χ2v) is 5.35. The predicted molar refractivity (Wildman–Crippen MR) is 106 cm³/mol. The minimum atomic E-state index is 0. The normalized spacial score (nSPS) is 12.2. The van der Waals surface area contributed by atoms with Crippen LogP contribution >= 0.6 is 24.0 Å². The summed E-state index contributed by atoms with van der Waals surface area (Å²) in [5.41, 5.74) is 1.18. The Hall–Kier alpha value is -1.84. The van der Waals surface area contributed by atoms with E-state index < -0.39 is 0 Å². The van der Waals surface area contributed by atoms with Crippen LogP contribution in [0.3, 0.4) is 0 Å². The molecule has 1 aromatic carbocycles. The zero-order chi connectivity index (χ0) is 16.7. The highest BCUT2D eigenvalue weighted by Gasteiger charge is 2.07. The van der Waals surface area contributed by atoms with E-state index >= 15 is 0 Å². The van der Waals surface area contributed by atoms with Crippen LogP contribution in [0.2, 0.25) is 0 Å². The van der Waals surface area contributed by atoms with Gasteiger partial charge in [-0.3, -0.25) is 9.67 Å². The SMILES string of the molecule is CN=C(NCc1ncnn1C)NCC(C)Oc1cccc(C)c1.I. The van der Waals surface area contributed by atoms with Gasteiger partial charge in [-0.05, 0) is 31.5 Å². The topological polar surface area (TPSA) is 76.4 Å². The van der Waals surface area contributed by atoms with Gasteiger partial charge in [-0.15, -0.1) is 24.0 Å². The number of hydrogen-bond acceptors (Lipinski definition) is 4. The van der Waals surface area contributed by atoms with Crippen LogP contribution in [0.5, 0.6) is 5.75 Å². The molecule has 0 spiro atoms. The van der Waals surface area contributed by atoms with Gasteiger partial charge in [-0.25, -0.2) is 4.98 Å². The van der Waals surface area contributed by atoms with Crippen molar-refractivity contribution < 1.29 is 4.74 Å². The van der Waals surface area contributed by atoms with E-state index in [9.17, 15) is 0 Å². The summed E-state index contributed by atoms with van der Waals surface area (Å²) in [6, 6.07) is 8.03. The number of nitrogens with zero attached hydrogens (tertiary/aromatic N) is 4. The van der Waals surface area contributed by atoms with Gasteiger partial charge >= 0.3 is 0 Å². The van der Waals surface area contributed by atoms with Gasteiger partial charge in [0.25, 0.3) is 0 Å². The number of benzene rings is 1. The van der Waals surface area contributed by atoms with Crippen LogP contribution in [0.1, 0.15) is 18.3 Å². The highest BCUT2D eigenvalue weighted by molar-refractivity contribution is 14.0. The summed E-state index contributed by atoms with van der Waals surface area (Å²) in [7, 11) is 3.59. The molecule has 0 saturated carbocycles. The quantitative estimate of drug-likeness (QED) is 0.404. The lowest BCUT2D eigenvalue weighted by Gasteiger charge is -2.18. The molecular weight excluding hydrogens is 419 g/mol. The molecule has 1 heterocycles. The van der Waals surface area contributed by atoms with E-state index in [1.165, 1.54) is 11.9 Å². The molecule has 2 N–H and O–H groups in total. The van der Waals surface area contributed by atoms with Crippen LogP contribution < -0.4 is 15.4 Å². The van der Waals surface area contributed by atoms with Crippen LogP contribution in [0.4, 0.5) is 0 Å². The number of halogens is 1. The van der Waals surface area contributed by atoms with Crippen molar-refractivity contribution in [3.05, 3.63) is 42.0 Å². The second kappa shape index (κ2) is 10.1. The predicted octanol–water partition coefficient (Wildman–Crippen LogP) is 1.87. The molecule has 1 atom stereocenters. The lowest BCUT2D eigenvalue weighted by atomic mass is 10.2. The summed E-state index contributed by atoms with van der Waals surface area (Å²) >= 11 is 0. The second-order valence-electron chi connectivity index (χ2n) is 5.35. The molecule has 0 bridgehead atoms. The molecule has 132 valence electrons. The Morgan fingerprint density at radius 2 is 2.17 bits per heavy atom. The third-order valence-corrected chi connectivity index (χ3v) is 3.33. The van der Waals surface area contributed by atoms with Crippen LogP contribution in [-0.4, -0.2) is 40.4 Å². The van der Waals surface area contributed by atoms with Crippen molar-refractivity contribution in [3.8, 4) is 5.75 Å². The highest BCUT2D eigenvalue weighted by Crippen LogP contribution is 2.13. The van der Waals surface area contributed by atoms with Crippen molar-refractivity contribution in [3.63, 3.8) is 0 Å². The standard InChI is InChI=1S/C16H24N6O.HI/c1-12-6-5-7-14(8-12)23-13(2)9-18-16(17-3)19-10-15-20-11-21-22(15)4;/h5-8,11,13H,9-10H2,1-4H3,(H2,17,18,19);1H. The van der Waals surface area contributed by atoms with Crippen molar-refractivity contribution >= 4 is 29.9 Å². The number of guanidine groups is 1. The largest absolute Gasteiger partial charge is 0.489 e. The Morgan fingerprint density at radius 1 is 1.38 bits per heavy atom. The number of aromatic nitrogens is 3. The first-order valence-corrected chi connectivity index (χ1v) is 7.59. The molecule has 1 aromatic heterocycles. The van der Waals surface area contributed by atoms with Crippen LogP contribution in [0.25, 0.3) is 0 Å². The first-order valence-electron chi connectivity index (χ1n) is 7.59. The molecule has 0 radical (unpaired) electrons. The number of nitrogens with one attached hydrogen (secondary N) is 2. The summed E-state index contributed by atoms with van der Waals surface area (Å²) in [6.45, 7) is 5.27. The molecule has 1 unspecified atom stereocenters. The fourth-order valence-corrected chi connectivity index (χ4v) is 2.07. The Morgan fingerprint density at radius 3 is 2.79 bits per heavy atom. The third-order valence-electron chi connectivity index (χ3n) is 3.33. The maximum absolute atomic E-state index is 5.89. The smallest absolute Gasteiger partial charge is 0.191 e. The first kappa shape index (κ1) is 20.2. The molecule has 7 nitrogen and oxygen atoms in total. The Labute approximate surface area is 159 Å². The summed E-state index contributed by atoms with van der Waals surface area (Å²) in [6.07, 6.45) is 1.55. The van der Waals surface area contributed by atoms with Gasteiger partial charge in [0.2, 0.25) is 0 Å². The van der Waals surface area contributed by atoms with Crippen LogP contribution in [0.15, 0.2) is 35.6 Å². The van der Waals surface area contributed by atoms with E-state index in [0.717, 1.165) is 11.6 Å². The number of ether oxygens (including phenoxy) is 1. The molecule has 0 saturated heterocycles. The lowest BCUT2D eigenvalue weighted by molar-refractivity contribution is 0.223. The molecule has 8 heteroatoms. The average Bonchev–Trinajstić information content (AvgIpc) is 2.93. The van der Waals surface area contributed by atoms with Gasteiger partial charge in [0.05, 0.1) is 13.1 Å². The van der Waals surface area contributed by atoms with E-state index in [1.54, 1.807) is 11.7 Å². The summed E-state index contributed by atoms with van der Waals surface area (Å²) in [5, 5.41) is 10.5. The molecule has 0 aliphatic rings. The maximum atomic E-state index is 5.89. The first-order chi connectivity index (χ1) is 11.1. The van der Waals surface area contributed by atoms with Crippen molar-refractivity contribution in [2.24, 2.45) is 12.0 Å². The highest BCUT2D eigenvalue weighted by atomic mass is 127. The molecule has 0 aliphatic carbocycles. The van der Waals surface area contributed by atoms with Gasteiger partial charge in [-0.1, -0.05) is 12.1 Å². The monoisotopic (exact) mass is 444 g/mol. The molecular formula is C16H25IN6O. The van der Waals surface area contributed by atoms with Crippen LogP contribution in [-0.2, 0) is 13.6 Å². The molecule has 0 fully saturated rings. The molecule has 2 aromatic rings. The van der Waals surface area contributed by atoms with Gasteiger partial charge < -0.3 is 15.4 Å². The Bertz CT molecular complexity index is 658. The van der Waals surface area contributed by atoms with Crippen molar-refractivity contribution in [2.75, 3.05) is 13.6 Å². The molecule has 2 rings (SSSR count). The Balaban J connectivity index is 0.00000288. The van der Waals surface area contributed by atoms with E-state index in [-0.39, 0.29) is 30.1 Å². The number of hydrogen-bond donors (Lipinski definition) is 2. The molecule has 0 aliphatic heterocycles. The minimum Gasteiger partial charge on any atom is -0.489 e. The van der Waals surface area contributed by atoms with Gasteiger partial charge in [0, 0.05) is 14.1 Å². The lowest BCUT2D eigenvalue weighted by Crippen LogP contribution is -2.41. The zero-order valence-corrected chi connectivity index (χ0v) is 16.8. The van der Waals surface area contributed by atoms with E-state index in [1.807, 2.05) is 45.2 Å². The summed E-state index contributed by atoms with van der Waals surface area (Å²) in [4.78, 5) is 8.35.